The Kier molecular flexibility index (Phi) is 6.58. The number of hydrogen-bond donors (Lipinski definition) is 1. The van der Waals surface area contributed by atoms with Gasteiger partial charge in [-0.1, -0.05) is 35.9 Å². The largest absolute Gasteiger partial charge is 0.493 e. The van der Waals surface area contributed by atoms with Crippen LogP contribution in [0.5, 0.6) is 11.5 Å². The van der Waals surface area contributed by atoms with Crippen molar-refractivity contribution in [2.75, 3.05) is 33.9 Å². The summed E-state index contributed by atoms with van der Waals surface area (Å²) >= 11 is 6.44. The van der Waals surface area contributed by atoms with Crippen molar-refractivity contribution >= 4 is 17.5 Å². The molecule has 2 aromatic rings. The molecule has 0 spiro atoms. The van der Waals surface area contributed by atoms with Gasteiger partial charge in [-0.3, -0.25) is 9.69 Å². The third kappa shape index (κ3) is 4.37. The van der Waals surface area contributed by atoms with Crippen LogP contribution in [-0.4, -0.2) is 44.7 Å². The summed E-state index contributed by atoms with van der Waals surface area (Å²) in [5.74, 6) is 0.780. The van der Waals surface area contributed by atoms with Crippen molar-refractivity contribution in [1.82, 2.24) is 10.2 Å². The van der Waals surface area contributed by atoms with Crippen LogP contribution in [0.25, 0.3) is 0 Å². The Morgan fingerprint density at radius 2 is 1.85 bits per heavy atom. The molecular formula is C21H25ClN2O3. The molecule has 0 bridgehead atoms. The number of para-hydroxylation sites is 1. The Morgan fingerprint density at radius 1 is 1.11 bits per heavy atom. The summed E-state index contributed by atoms with van der Waals surface area (Å²) in [4.78, 5) is 15.2. The average molecular weight is 389 g/mol. The van der Waals surface area contributed by atoms with Crippen LogP contribution in [0.3, 0.4) is 0 Å². The number of nitrogens with one attached hydrogen (secondary N) is 1. The van der Waals surface area contributed by atoms with Crippen molar-refractivity contribution in [1.29, 1.82) is 0 Å². The Morgan fingerprint density at radius 3 is 2.52 bits per heavy atom. The first-order valence-electron chi connectivity index (χ1n) is 9.13. The number of ether oxygens (including phenoxy) is 2. The SMILES string of the molecule is COc1cccc(C(=O)NC[C@H](c2ccccc2Cl)N2CCCC2)c1OC. The minimum Gasteiger partial charge on any atom is -0.493 e. The molecule has 27 heavy (non-hydrogen) atoms. The first kappa shape index (κ1) is 19.5. The van der Waals surface area contributed by atoms with Gasteiger partial charge in [-0.15, -0.1) is 0 Å². The zero-order valence-corrected chi connectivity index (χ0v) is 16.5. The summed E-state index contributed by atoms with van der Waals surface area (Å²) in [6.07, 6.45) is 2.33. The summed E-state index contributed by atoms with van der Waals surface area (Å²) in [5, 5.41) is 3.78. The highest BCUT2D eigenvalue weighted by atomic mass is 35.5. The molecular weight excluding hydrogens is 364 g/mol. The Labute approximate surface area is 165 Å². The molecule has 0 unspecified atom stereocenters. The van der Waals surface area contributed by atoms with E-state index in [0.717, 1.165) is 23.7 Å². The molecule has 1 amide bonds. The molecule has 2 aromatic carbocycles. The van der Waals surface area contributed by atoms with Gasteiger partial charge in [0.2, 0.25) is 0 Å². The summed E-state index contributed by atoms with van der Waals surface area (Å²) in [6.45, 7) is 2.49. The Bertz CT molecular complexity index is 791. The van der Waals surface area contributed by atoms with Crippen molar-refractivity contribution in [3.05, 3.63) is 58.6 Å². The lowest BCUT2D eigenvalue weighted by Gasteiger charge is -2.29. The molecule has 144 valence electrons. The van der Waals surface area contributed by atoms with Gasteiger partial charge in [0.1, 0.15) is 0 Å². The Hall–Kier alpha value is -2.24. The normalized spacial score (nSPS) is 15.4. The monoisotopic (exact) mass is 388 g/mol. The van der Waals surface area contributed by atoms with E-state index in [-0.39, 0.29) is 11.9 Å². The van der Waals surface area contributed by atoms with Crippen molar-refractivity contribution < 1.29 is 14.3 Å². The molecule has 1 fully saturated rings. The second-order valence-electron chi connectivity index (χ2n) is 6.53. The Balaban J connectivity index is 1.80. The van der Waals surface area contributed by atoms with Crippen molar-refractivity contribution in [2.45, 2.75) is 18.9 Å². The fourth-order valence-corrected chi connectivity index (χ4v) is 3.85. The van der Waals surface area contributed by atoms with Crippen LogP contribution in [-0.2, 0) is 0 Å². The smallest absolute Gasteiger partial charge is 0.255 e. The highest BCUT2D eigenvalue weighted by molar-refractivity contribution is 6.31. The molecule has 3 rings (SSSR count). The van der Waals surface area contributed by atoms with Gasteiger partial charge >= 0.3 is 0 Å². The third-order valence-electron chi connectivity index (χ3n) is 4.95. The molecule has 0 saturated carbocycles. The van der Waals surface area contributed by atoms with E-state index in [0.29, 0.717) is 23.6 Å². The number of methoxy groups -OCH3 is 2. The van der Waals surface area contributed by atoms with E-state index >= 15 is 0 Å². The van der Waals surface area contributed by atoms with E-state index in [9.17, 15) is 4.79 Å². The molecule has 1 atom stereocenters. The fraction of sp³-hybridized carbons (Fsp3) is 0.381. The van der Waals surface area contributed by atoms with Gasteiger partial charge < -0.3 is 14.8 Å². The molecule has 0 radical (unpaired) electrons. The molecule has 5 nitrogen and oxygen atoms in total. The van der Waals surface area contributed by atoms with Crippen molar-refractivity contribution in [3.8, 4) is 11.5 Å². The number of carbonyl (C=O) groups is 1. The van der Waals surface area contributed by atoms with E-state index in [1.807, 2.05) is 24.3 Å². The molecule has 0 aliphatic carbocycles. The number of nitrogens with zero attached hydrogens (tertiary/aromatic N) is 1. The van der Waals surface area contributed by atoms with E-state index in [4.69, 9.17) is 21.1 Å². The topological polar surface area (TPSA) is 50.8 Å². The van der Waals surface area contributed by atoms with Gasteiger partial charge in [0, 0.05) is 11.6 Å². The number of amides is 1. The minimum absolute atomic E-state index is 0.0433. The van der Waals surface area contributed by atoms with E-state index in [1.165, 1.54) is 20.0 Å². The molecule has 6 heteroatoms. The zero-order valence-electron chi connectivity index (χ0n) is 15.7. The molecule has 0 aromatic heterocycles. The molecule has 1 N–H and O–H groups in total. The second kappa shape index (κ2) is 9.11. The van der Waals surface area contributed by atoms with Crippen molar-refractivity contribution in [2.24, 2.45) is 0 Å². The second-order valence-corrected chi connectivity index (χ2v) is 6.94. The van der Waals surface area contributed by atoms with Gasteiger partial charge in [-0.25, -0.2) is 0 Å². The van der Waals surface area contributed by atoms with E-state index < -0.39 is 0 Å². The number of rotatable bonds is 7. The fourth-order valence-electron chi connectivity index (χ4n) is 3.58. The molecule has 1 aliphatic rings. The van der Waals surface area contributed by atoms with Crippen LogP contribution in [0.4, 0.5) is 0 Å². The number of carbonyl (C=O) groups excluding carboxylic acids is 1. The van der Waals surface area contributed by atoms with Gasteiger partial charge in [0.15, 0.2) is 11.5 Å². The van der Waals surface area contributed by atoms with Crippen LogP contribution in [0.1, 0.15) is 34.8 Å². The first-order valence-corrected chi connectivity index (χ1v) is 9.51. The maximum atomic E-state index is 12.8. The first-order chi connectivity index (χ1) is 13.2. The summed E-state index contributed by atoms with van der Waals surface area (Å²) in [5.41, 5.74) is 1.50. The number of hydrogen-bond acceptors (Lipinski definition) is 4. The average Bonchev–Trinajstić information content (AvgIpc) is 3.23. The summed E-state index contributed by atoms with van der Waals surface area (Å²) in [7, 11) is 3.09. The minimum atomic E-state index is -0.193. The maximum absolute atomic E-state index is 12.8. The van der Waals surface area contributed by atoms with Gasteiger partial charge in [0.25, 0.3) is 5.91 Å². The van der Waals surface area contributed by atoms with Crippen molar-refractivity contribution in [3.63, 3.8) is 0 Å². The van der Waals surface area contributed by atoms with Crippen LogP contribution in [0.15, 0.2) is 42.5 Å². The number of halogens is 1. The van der Waals surface area contributed by atoms with Crippen LogP contribution in [0.2, 0.25) is 5.02 Å². The summed E-state index contributed by atoms with van der Waals surface area (Å²) in [6, 6.07) is 13.2. The lowest BCUT2D eigenvalue weighted by atomic mass is 10.0. The van der Waals surface area contributed by atoms with Crippen LogP contribution >= 0.6 is 11.6 Å². The molecule has 1 aliphatic heterocycles. The van der Waals surface area contributed by atoms with Crippen LogP contribution < -0.4 is 14.8 Å². The quantitative estimate of drug-likeness (QED) is 0.780. The highest BCUT2D eigenvalue weighted by Crippen LogP contribution is 2.32. The van der Waals surface area contributed by atoms with Gasteiger partial charge in [0.05, 0.1) is 25.8 Å². The van der Waals surface area contributed by atoms with Gasteiger partial charge in [-0.05, 0) is 49.7 Å². The predicted molar refractivity (Wildman–Crippen MR) is 107 cm³/mol. The number of likely N-dealkylation sites (tertiary alicyclic amines) is 1. The van der Waals surface area contributed by atoms with Crippen LogP contribution in [0, 0.1) is 0 Å². The predicted octanol–water partition coefficient (Wildman–Crippen LogP) is 3.92. The van der Waals surface area contributed by atoms with E-state index in [1.54, 1.807) is 25.3 Å². The maximum Gasteiger partial charge on any atom is 0.255 e. The lowest BCUT2D eigenvalue weighted by molar-refractivity contribution is 0.0934. The third-order valence-corrected chi connectivity index (χ3v) is 5.29. The highest BCUT2D eigenvalue weighted by Gasteiger charge is 2.26. The lowest BCUT2D eigenvalue weighted by Crippen LogP contribution is -2.37. The molecule has 1 saturated heterocycles. The number of benzene rings is 2. The summed E-state index contributed by atoms with van der Waals surface area (Å²) < 4.78 is 10.7. The van der Waals surface area contributed by atoms with Gasteiger partial charge in [-0.2, -0.15) is 0 Å². The van der Waals surface area contributed by atoms with E-state index in [2.05, 4.69) is 10.2 Å². The standard InChI is InChI=1S/C21H25ClN2O3/c1-26-19-11-7-9-16(20(19)27-2)21(25)23-14-18(24-12-5-6-13-24)15-8-3-4-10-17(15)22/h3-4,7-11,18H,5-6,12-14H2,1-2H3,(H,23,25)/t18-/m1/s1. The zero-order chi connectivity index (χ0) is 19.2. The molecule has 1 heterocycles.